The van der Waals surface area contributed by atoms with E-state index >= 15 is 0 Å². The van der Waals surface area contributed by atoms with Gasteiger partial charge in [-0.3, -0.25) is 9.59 Å². The molecule has 0 radical (unpaired) electrons. The van der Waals surface area contributed by atoms with Crippen LogP contribution >= 0.6 is 11.8 Å². The van der Waals surface area contributed by atoms with Gasteiger partial charge in [0.2, 0.25) is 0 Å². The Morgan fingerprint density at radius 2 is 1.57 bits per heavy atom. The van der Waals surface area contributed by atoms with E-state index in [0.29, 0.717) is 18.7 Å². The Labute approximate surface area is 239 Å². The number of alkyl carbamates (subject to hydrolysis) is 1. The number of aryl methyl sites for hydroxylation is 1. The fraction of sp³-hybridized carbons (Fsp3) is 0.290. The minimum Gasteiger partial charge on any atom is -0.449 e. The van der Waals surface area contributed by atoms with E-state index < -0.39 is 23.9 Å². The summed E-state index contributed by atoms with van der Waals surface area (Å²) in [6, 6.07) is 23.2. The molecular weight excluding hydrogens is 524 g/mol. The standard InChI is InChI=1S/C31H34N4O4S/c1-20-12-14-22(15-13-20)18-32-29(36)21(2)34-35-30(37)28(16-17-40-3)33-31(38)39-19-27-25-10-6-4-8-23(25)24-9-5-7-11-26(24)27/h4-15,27-28H,16-19H2,1-3H3,(H,32,36)(H,33,38)(H,35,37)/b34-21-/t28-/m0/s1. The van der Waals surface area contributed by atoms with E-state index in [1.165, 1.54) is 6.92 Å². The SMILES string of the molecule is CSCC[C@H](NC(=O)OCC1c2ccccc2-c2ccccc21)C(=O)N/N=C(/C)C(=O)NCc1ccc(C)cc1. The summed E-state index contributed by atoms with van der Waals surface area (Å²) < 4.78 is 5.61. The summed E-state index contributed by atoms with van der Waals surface area (Å²) in [5, 5.41) is 9.40. The normalized spacial score (nSPS) is 13.1. The van der Waals surface area contributed by atoms with E-state index in [4.69, 9.17) is 4.74 Å². The molecular formula is C31H34N4O4S. The quantitative estimate of drug-likeness (QED) is 0.232. The Balaban J connectivity index is 1.32. The summed E-state index contributed by atoms with van der Waals surface area (Å²) in [6.07, 6.45) is 1.62. The van der Waals surface area contributed by atoms with E-state index in [9.17, 15) is 14.4 Å². The molecule has 0 heterocycles. The second-order valence-corrected chi connectivity index (χ2v) is 10.6. The first kappa shape index (κ1) is 28.9. The molecule has 3 aromatic rings. The van der Waals surface area contributed by atoms with Crippen LogP contribution in [-0.4, -0.2) is 48.3 Å². The molecule has 1 aliphatic rings. The Bertz CT molecular complexity index is 1340. The van der Waals surface area contributed by atoms with Crippen molar-refractivity contribution in [3.63, 3.8) is 0 Å². The average Bonchev–Trinajstić information content (AvgIpc) is 3.29. The number of benzene rings is 3. The van der Waals surface area contributed by atoms with Crippen LogP contribution in [0, 0.1) is 6.92 Å². The largest absolute Gasteiger partial charge is 0.449 e. The molecule has 0 saturated heterocycles. The molecule has 0 saturated carbocycles. The van der Waals surface area contributed by atoms with E-state index in [-0.39, 0.29) is 18.2 Å². The number of amides is 3. The molecule has 3 amide bonds. The molecule has 40 heavy (non-hydrogen) atoms. The number of hydrogen-bond donors (Lipinski definition) is 3. The molecule has 3 N–H and O–H groups in total. The van der Waals surface area contributed by atoms with Crippen LogP contribution in [-0.2, 0) is 20.9 Å². The lowest BCUT2D eigenvalue weighted by Crippen LogP contribution is -2.46. The van der Waals surface area contributed by atoms with Crippen LogP contribution in [0.4, 0.5) is 4.79 Å². The molecule has 0 bridgehead atoms. The van der Waals surface area contributed by atoms with Gasteiger partial charge in [0.15, 0.2) is 0 Å². The molecule has 0 spiro atoms. The summed E-state index contributed by atoms with van der Waals surface area (Å²) in [5.74, 6) is -0.358. The van der Waals surface area contributed by atoms with Gasteiger partial charge in [0.1, 0.15) is 18.4 Å². The van der Waals surface area contributed by atoms with Crippen molar-refractivity contribution in [2.75, 3.05) is 18.6 Å². The molecule has 208 valence electrons. The zero-order chi connectivity index (χ0) is 28.5. The molecule has 8 nitrogen and oxygen atoms in total. The lowest BCUT2D eigenvalue weighted by Gasteiger charge is -2.19. The first-order chi connectivity index (χ1) is 19.4. The Hall–Kier alpha value is -4.11. The predicted molar refractivity (Wildman–Crippen MR) is 159 cm³/mol. The van der Waals surface area contributed by atoms with Gasteiger partial charge in [-0.1, -0.05) is 78.4 Å². The number of rotatable bonds is 11. The third kappa shape index (κ3) is 7.30. The predicted octanol–water partition coefficient (Wildman–Crippen LogP) is 4.76. The first-order valence-corrected chi connectivity index (χ1v) is 14.5. The van der Waals surface area contributed by atoms with Crippen LogP contribution in [0.3, 0.4) is 0 Å². The molecule has 0 unspecified atom stereocenters. The summed E-state index contributed by atoms with van der Waals surface area (Å²) in [4.78, 5) is 38.1. The van der Waals surface area contributed by atoms with Crippen molar-refractivity contribution in [1.29, 1.82) is 0 Å². The van der Waals surface area contributed by atoms with Gasteiger partial charge in [-0.15, -0.1) is 0 Å². The van der Waals surface area contributed by atoms with Gasteiger partial charge >= 0.3 is 6.09 Å². The van der Waals surface area contributed by atoms with Gasteiger partial charge in [-0.25, -0.2) is 10.2 Å². The highest BCUT2D eigenvalue weighted by Crippen LogP contribution is 2.44. The lowest BCUT2D eigenvalue weighted by molar-refractivity contribution is -0.123. The van der Waals surface area contributed by atoms with Gasteiger partial charge in [-0.05, 0) is 60.1 Å². The maximum atomic E-state index is 12.9. The Kier molecular flexibility index (Phi) is 9.96. The van der Waals surface area contributed by atoms with Crippen molar-refractivity contribution in [2.24, 2.45) is 5.10 Å². The van der Waals surface area contributed by atoms with Crippen LogP contribution in [0.5, 0.6) is 0 Å². The fourth-order valence-corrected chi connectivity index (χ4v) is 5.04. The Morgan fingerprint density at radius 1 is 0.950 bits per heavy atom. The zero-order valence-corrected chi connectivity index (χ0v) is 23.7. The van der Waals surface area contributed by atoms with Gasteiger partial charge in [-0.2, -0.15) is 16.9 Å². The number of carbonyl (C=O) groups excluding carboxylic acids is 3. The van der Waals surface area contributed by atoms with Crippen molar-refractivity contribution < 1.29 is 19.1 Å². The van der Waals surface area contributed by atoms with Crippen LogP contribution in [0.1, 0.15) is 41.5 Å². The summed E-state index contributed by atoms with van der Waals surface area (Å²) in [5.41, 5.74) is 9.11. The number of hydrazone groups is 1. The monoisotopic (exact) mass is 558 g/mol. The van der Waals surface area contributed by atoms with Gasteiger partial charge in [0, 0.05) is 12.5 Å². The van der Waals surface area contributed by atoms with E-state index in [1.54, 1.807) is 11.8 Å². The van der Waals surface area contributed by atoms with Crippen molar-refractivity contribution in [3.05, 3.63) is 95.1 Å². The summed E-state index contributed by atoms with van der Waals surface area (Å²) in [6.45, 7) is 4.01. The fourth-order valence-electron chi connectivity index (χ4n) is 4.57. The van der Waals surface area contributed by atoms with Gasteiger partial charge < -0.3 is 15.4 Å². The highest BCUT2D eigenvalue weighted by molar-refractivity contribution is 7.98. The van der Waals surface area contributed by atoms with Crippen LogP contribution < -0.4 is 16.1 Å². The van der Waals surface area contributed by atoms with E-state index in [2.05, 4.69) is 33.3 Å². The third-order valence-corrected chi connectivity index (χ3v) is 7.44. The second-order valence-electron chi connectivity index (χ2n) is 9.65. The number of thioether (sulfide) groups is 1. The summed E-state index contributed by atoms with van der Waals surface area (Å²) >= 11 is 1.56. The molecule has 0 fully saturated rings. The maximum Gasteiger partial charge on any atom is 0.407 e. The van der Waals surface area contributed by atoms with Crippen molar-refractivity contribution in [3.8, 4) is 11.1 Å². The molecule has 4 rings (SSSR count). The smallest absolute Gasteiger partial charge is 0.407 e. The van der Waals surface area contributed by atoms with Crippen molar-refractivity contribution >= 4 is 35.4 Å². The number of nitrogens with one attached hydrogen (secondary N) is 3. The lowest BCUT2D eigenvalue weighted by atomic mass is 9.98. The van der Waals surface area contributed by atoms with Crippen molar-refractivity contribution in [1.82, 2.24) is 16.1 Å². The Morgan fingerprint density at radius 3 is 2.20 bits per heavy atom. The van der Waals surface area contributed by atoms with Gasteiger partial charge in [0.05, 0.1) is 0 Å². The minimum atomic E-state index is -0.865. The van der Waals surface area contributed by atoms with Crippen LogP contribution in [0.25, 0.3) is 11.1 Å². The number of hydrogen-bond acceptors (Lipinski definition) is 6. The molecule has 1 aliphatic carbocycles. The first-order valence-electron chi connectivity index (χ1n) is 13.2. The topological polar surface area (TPSA) is 109 Å². The average molecular weight is 559 g/mol. The third-order valence-electron chi connectivity index (χ3n) is 6.80. The zero-order valence-electron chi connectivity index (χ0n) is 22.9. The summed E-state index contributed by atoms with van der Waals surface area (Å²) in [7, 11) is 0. The minimum absolute atomic E-state index is 0.0812. The maximum absolute atomic E-state index is 12.9. The number of carbonyl (C=O) groups is 3. The number of nitrogens with zero attached hydrogens (tertiary/aromatic N) is 1. The molecule has 3 aromatic carbocycles. The highest BCUT2D eigenvalue weighted by Gasteiger charge is 2.29. The molecule has 0 aromatic heterocycles. The van der Waals surface area contributed by atoms with Crippen LogP contribution in [0.15, 0.2) is 77.9 Å². The van der Waals surface area contributed by atoms with E-state index in [1.807, 2.05) is 73.8 Å². The van der Waals surface area contributed by atoms with Crippen LogP contribution in [0.2, 0.25) is 0 Å². The number of fused-ring (bicyclic) bond motifs is 3. The van der Waals surface area contributed by atoms with E-state index in [0.717, 1.165) is 33.4 Å². The van der Waals surface area contributed by atoms with Crippen molar-refractivity contribution in [2.45, 2.75) is 38.8 Å². The van der Waals surface area contributed by atoms with Gasteiger partial charge in [0.25, 0.3) is 11.8 Å². The molecule has 1 atom stereocenters. The second kappa shape index (κ2) is 13.8. The molecule has 9 heteroatoms. The number of ether oxygens (including phenoxy) is 1. The molecule has 0 aliphatic heterocycles. The highest BCUT2D eigenvalue weighted by atomic mass is 32.2.